The average molecular weight is 300 g/mol. The van der Waals surface area contributed by atoms with Crippen molar-refractivity contribution in [3.05, 3.63) is 29.8 Å². The van der Waals surface area contributed by atoms with Crippen molar-refractivity contribution in [2.24, 2.45) is 5.73 Å². The molecule has 0 spiro atoms. The van der Waals surface area contributed by atoms with E-state index in [-0.39, 0.29) is 11.0 Å². The van der Waals surface area contributed by atoms with Gasteiger partial charge in [-0.1, -0.05) is 12.1 Å². The zero-order valence-electron chi connectivity index (χ0n) is 12.1. The first-order chi connectivity index (χ1) is 9.45. The molecule has 0 atom stereocenters. The summed E-state index contributed by atoms with van der Waals surface area (Å²) in [4.78, 5) is 0.271. The van der Waals surface area contributed by atoms with Crippen LogP contribution in [0.3, 0.4) is 0 Å². The molecule has 114 valence electrons. The summed E-state index contributed by atoms with van der Waals surface area (Å²) in [5.74, 6) is 0. The van der Waals surface area contributed by atoms with Crippen LogP contribution in [0, 0.1) is 0 Å². The molecule has 1 aromatic carbocycles. The van der Waals surface area contributed by atoms with Crippen LogP contribution in [-0.2, 0) is 21.3 Å². The fraction of sp³-hybridized carbons (Fsp3) is 0.571. The van der Waals surface area contributed by atoms with Gasteiger partial charge in [0.15, 0.2) is 0 Å². The number of sulfonamides is 1. The molecule has 1 rings (SSSR count). The van der Waals surface area contributed by atoms with E-state index in [2.05, 4.69) is 4.72 Å². The van der Waals surface area contributed by atoms with Crippen molar-refractivity contribution in [3.8, 4) is 0 Å². The Labute approximate surface area is 121 Å². The van der Waals surface area contributed by atoms with Crippen LogP contribution in [0.25, 0.3) is 0 Å². The smallest absolute Gasteiger partial charge is 0.240 e. The molecule has 20 heavy (non-hydrogen) atoms. The Hall–Kier alpha value is -0.950. The molecule has 0 fully saturated rings. The molecule has 0 amide bonds. The molecule has 0 radical (unpaired) electrons. The Kier molecular flexibility index (Phi) is 7.15. The van der Waals surface area contributed by atoms with E-state index in [4.69, 9.17) is 10.5 Å². The van der Waals surface area contributed by atoms with Gasteiger partial charge in [-0.3, -0.25) is 0 Å². The van der Waals surface area contributed by atoms with Crippen LogP contribution >= 0.6 is 0 Å². The number of nitrogens with one attached hydrogen (secondary N) is 1. The second-order valence-electron chi connectivity index (χ2n) is 4.87. The zero-order valence-corrected chi connectivity index (χ0v) is 12.9. The SMILES string of the molecule is CC(C)OCCCCNS(=O)(=O)c1ccc(CN)cc1. The normalized spacial score (nSPS) is 12.0. The lowest BCUT2D eigenvalue weighted by atomic mass is 10.2. The first kappa shape index (κ1) is 17.1. The molecule has 0 aliphatic rings. The largest absolute Gasteiger partial charge is 0.379 e. The molecule has 0 aliphatic heterocycles. The summed E-state index contributed by atoms with van der Waals surface area (Å²) < 4.78 is 32.0. The van der Waals surface area contributed by atoms with Crippen LogP contribution in [0.5, 0.6) is 0 Å². The van der Waals surface area contributed by atoms with Gasteiger partial charge < -0.3 is 10.5 Å². The molecule has 0 heterocycles. The van der Waals surface area contributed by atoms with E-state index in [1.165, 1.54) is 0 Å². The predicted octanol–water partition coefficient (Wildman–Crippen LogP) is 1.63. The molecule has 0 aromatic heterocycles. The number of nitrogens with two attached hydrogens (primary N) is 1. The van der Waals surface area contributed by atoms with E-state index in [1.54, 1.807) is 24.3 Å². The highest BCUT2D eigenvalue weighted by molar-refractivity contribution is 7.89. The van der Waals surface area contributed by atoms with Crippen molar-refractivity contribution in [1.82, 2.24) is 4.72 Å². The van der Waals surface area contributed by atoms with E-state index < -0.39 is 10.0 Å². The second kappa shape index (κ2) is 8.36. The van der Waals surface area contributed by atoms with Gasteiger partial charge in [0.05, 0.1) is 11.0 Å². The quantitative estimate of drug-likeness (QED) is 0.679. The van der Waals surface area contributed by atoms with Crippen LogP contribution < -0.4 is 10.5 Å². The Balaban J connectivity index is 2.37. The Morgan fingerprint density at radius 2 is 1.85 bits per heavy atom. The summed E-state index contributed by atoms with van der Waals surface area (Å²) in [5, 5.41) is 0. The van der Waals surface area contributed by atoms with Crippen LogP contribution in [0.15, 0.2) is 29.2 Å². The third-order valence-corrected chi connectivity index (χ3v) is 4.26. The first-order valence-electron chi connectivity index (χ1n) is 6.86. The number of unbranched alkanes of at least 4 members (excludes halogenated alkanes) is 1. The van der Waals surface area contributed by atoms with Crippen molar-refractivity contribution >= 4 is 10.0 Å². The topological polar surface area (TPSA) is 81.4 Å². The van der Waals surface area contributed by atoms with Crippen molar-refractivity contribution in [2.75, 3.05) is 13.2 Å². The van der Waals surface area contributed by atoms with Gasteiger partial charge in [-0.05, 0) is 44.4 Å². The van der Waals surface area contributed by atoms with Gasteiger partial charge >= 0.3 is 0 Å². The van der Waals surface area contributed by atoms with Gasteiger partial charge in [0.25, 0.3) is 0 Å². The lowest BCUT2D eigenvalue weighted by molar-refractivity contribution is 0.0762. The van der Waals surface area contributed by atoms with Crippen LogP contribution in [-0.4, -0.2) is 27.7 Å². The summed E-state index contributed by atoms with van der Waals surface area (Å²) in [6.45, 7) is 5.44. The maximum atomic E-state index is 12.0. The van der Waals surface area contributed by atoms with Gasteiger partial charge in [0.1, 0.15) is 0 Å². The number of hydrogen-bond donors (Lipinski definition) is 2. The molecule has 0 saturated heterocycles. The van der Waals surface area contributed by atoms with E-state index in [0.29, 0.717) is 19.7 Å². The van der Waals surface area contributed by atoms with Crippen molar-refractivity contribution in [2.45, 2.75) is 44.2 Å². The highest BCUT2D eigenvalue weighted by atomic mass is 32.2. The van der Waals surface area contributed by atoms with Crippen LogP contribution in [0.1, 0.15) is 32.3 Å². The van der Waals surface area contributed by atoms with Gasteiger partial charge in [-0.2, -0.15) is 0 Å². The molecule has 0 aliphatic carbocycles. The summed E-state index contributed by atoms with van der Waals surface area (Å²) in [7, 11) is -3.42. The first-order valence-corrected chi connectivity index (χ1v) is 8.34. The highest BCUT2D eigenvalue weighted by Gasteiger charge is 2.12. The van der Waals surface area contributed by atoms with Crippen molar-refractivity contribution in [3.63, 3.8) is 0 Å². The molecule has 6 heteroatoms. The average Bonchev–Trinajstić information content (AvgIpc) is 2.42. The molecular formula is C14H24N2O3S. The molecular weight excluding hydrogens is 276 g/mol. The van der Waals surface area contributed by atoms with Gasteiger partial charge in [0.2, 0.25) is 10.0 Å². The molecule has 0 saturated carbocycles. The minimum Gasteiger partial charge on any atom is -0.379 e. The third-order valence-electron chi connectivity index (χ3n) is 2.78. The molecule has 1 aromatic rings. The maximum Gasteiger partial charge on any atom is 0.240 e. The number of hydrogen-bond acceptors (Lipinski definition) is 4. The van der Waals surface area contributed by atoms with E-state index >= 15 is 0 Å². The maximum absolute atomic E-state index is 12.0. The Morgan fingerprint density at radius 1 is 1.20 bits per heavy atom. The summed E-state index contributed by atoms with van der Waals surface area (Å²) in [6.07, 6.45) is 1.81. The lowest BCUT2D eigenvalue weighted by Crippen LogP contribution is -2.25. The molecule has 5 nitrogen and oxygen atoms in total. The Bertz CT molecular complexity index is 484. The molecule has 0 bridgehead atoms. The van der Waals surface area contributed by atoms with E-state index in [9.17, 15) is 8.42 Å². The van der Waals surface area contributed by atoms with Gasteiger partial charge in [-0.25, -0.2) is 13.1 Å². The Morgan fingerprint density at radius 3 is 2.40 bits per heavy atom. The van der Waals surface area contributed by atoms with Crippen LogP contribution in [0.2, 0.25) is 0 Å². The van der Waals surface area contributed by atoms with Gasteiger partial charge in [0, 0.05) is 19.7 Å². The fourth-order valence-electron chi connectivity index (χ4n) is 1.64. The number of ether oxygens (including phenoxy) is 1. The standard InChI is InChI=1S/C14H24N2O3S/c1-12(2)19-10-4-3-9-16-20(17,18)14-7-5-13(11-15)6-8-14/h5-8,12,16H,3-4,9-11,15H2,1-2H3. The lowest BCUT2D eigenvalue weighted by Gasteiger charge is -2.09. The van der Waals surface area contributed by atoms with Gasteiger partial charge in [-0.15, -0.1) is 0 Å². The molecule has 0 unspecified atom stereocenters. The molecule has 3 N–H and O–H groups in total. The van der Waals surface area contributed by atoms with E-state index in [0.717, 1.165) is 18.4 Å². The van der Waals surface area contributed by atoms with Crippen molar-refractivity contribution in [1.29, 1.82) is 0 Å². The third kappa shape index (κ3) is 6.00. The highest BCUT2D eigenvalue weighted by Crippen LogP contribution is 2.10. The zero-order chi connectivity index (χ0) is 15.0. The number of rotatable bonds is 9. The fourth-order valence-corrected chi connectivity index (χ4v) is 2.71. The summed E-state index contributed by atoms with van der Waals surface area (Å²) in [5.41, 5.74) is 6.39. The minimum absolute atomic E-state index is 0.216. The summed E-state index contributed by atoms with van der Waals surface area (Å²) >= 11 is 0. The van der Waals surface area contributed by atoms with E-state index in [1.807, 2.05) is 13.8 Å². The minimum atomic E-state index is -3.42. The summed E-state index contributed by atoms with van der Waals surface area (Å²) in [6, 6.07) is 6.61. The predicted molar refractivity (Wildman–Crippen MR) is 79.8 cm³/mol. The van der Waals surface area contributed by atoms with Crippen LogP contribution in [0.4, 0.5) is 0 Å². The number of benzene rings is 1. The van der Waals surface area contributed by atoms with Crippen molar-refractivity contribution < 1.29 is 13.2 Å². The monoisotopic (exact) mass is 300 g/mol. The second-order valence-corrected chi connectivity index (χ2v) is 6.64.